The summed E-state index contributed by atoms with van der Waals surface area (Å²) in [6.07, 6.45) is 5.27. The lowest BCUT2D eigenvalue weighted by Crippen LogP contribution is -2.35. The molecule has 2 aliphatic rings. The van der Waals surface area contributed by atoms with Crippen LogP contribution in [0.3, 0.4) is 0 Å². The van der Waals surface area contributed by atoms with E-state index in [9.17, 15) is 4.79 Å². The van der Waals surface area contributed by atoms with Crippen LogP contribution in [0.4, 0.5) is 0 Å². The molecule has 0 saturated carbocycles. The number of likely N-dealkylation sites (tertiary alicyclic amines) is 1. The molecule has 2 heterocycles. The summed E-state index contributed by atoms with van der Waals surface area (Å²) in [5, 5.41) is 0. The maximum Gasteiger partial charge on any atom is 0.222 e. The van der Waals surface area contributed by atoms with Gasteiger partial charge in [0, 0.05) is 32.6 Å². The van der Waals surface area contributed by atoms with Gasteiger partial charge in [-0.2, -0.15) is 0 Å². The van der Waals surface area contributed by atoms with Gasteiger partial charge in [0.25, 0.3) is 0 Å². The third-order valence-corrected chi connectivity index (χ3v) is 4.81. The fourth-order valence-electron chi connectivity index (χ4n) is 3.50. The number of carbonyl (C=O) groups is 1. The van der Waals surface area contributed by atoms with Crippen molar-refractivity contribution >= 4 is 5.91 Å². The topological polar surface area (TPSA) is 23.6 Å². The lowest BCUT2D eigenvalue weighted by atomic mass is 10.0. The van der Waals surface area contributed by atoms with Gasteiger partial charge in [-0.1, -0.05) is 24.3 Å². The smallest absolute Gasteiger partial charge is 0.222 e. The van der Waals surface area contributed by atoms with Crippen molar-refractivity contribution in [3.05, 3.63) is 35.4 Å². The molecule has 1 atom stereocenters. The maximum atomic E-state index is 11.8. The van der Waals surface area contributed by atoms with Crippen LogP contribution in [-0.2, 0) is 17.8 Å². The molecule has 1 aromatic rings. The minimum atomic E-state index is 0.308. The summed E-state index contributed by atoms with van der Waals surface area (Å²) in [4.78, 5) is 16.3. The number of carbonyl (C=O) groups excluding carboxylic acids is 1. The molecule has 2 aliphatic heterocycles. The number of nitrogens with zero attached hydrogens (tertiary/aromatic N) is 2. The van der Waals surface area contributed by atoms with Crippen LogP contribution in [0.15, 0.2) is 24.3 Å². The maximum absolute atomic E-state index is 11.8. The number of rotatable bonds is 1. The van der Waals surface area contributed by atoms with Crippen molar-refractivity contribution in [3.63, 3.8) is 0 Å². The molecule has 1 amide bonds. The number of aryl methyl sites for hydroxylation is 1. The van der Waals surface area contributed by atoms with Gasteiger partial charge in [0.2, 0.25) is 5.91 Å². The number of amides is 1. The standard InChI is InChI=1S/C17H24N2O/c1-18-12-10-16(8-9-17(18)20)19-11-4-7-14-5-2-3-6-15(14)13-19/h2-3,5-6,16H,4,7-13H2,1H3. The molecule has 0 aliphatic carbocycles. The molecule has 0 aromatic heterocycles. The zero-order valence-corrected chi connectivity index (χ0v) is 12.3. The van der Waals surface area contributed by atoms with E-state index in [0.717, 1.165) is 32.5 Å². The molecule has 0 bridgehead atoms. The minimum absolute atomic E-state index is 0.308. The Morgan fingerprint density at radius 3 is 2.70 bits per heavy atom. The van der Waals surface area contributed by atoms with Gasteiger partial charge in [-0.25, -0.2) is 0 Å². The first-order valence-corrected chi connectivity index (χ1v) is 7.79. The van der Waals surface area contributed by atoms with Crippen LogP contribution in [-0.4, -0.2) is 41.9 Å². The molecule has 3 rings (SSSR count). The van der Waals surface area contributed by atoms with Crippen LogP contribution in [0, 0.1) is 0 Å². The van der Waals surface area contributed by atoms with E-state index in [1.54, 1.807) is 0 Å². The van der Waals surface area contributed by atoms with E-state index in [1.165, 1.54) is 24.0 Å². The van der Waals surface area contributed by atoms with Crippen LogP contribution in [0.25, 0.3) is 0 Å². The van der Waals surface area contributed by atoms with Crippen LogP contribution in [0.1, 0.15) is 36.8 Å². The van der Waals surface area contributed by atoms with Gasteiger partial charge in [0.05, 0.1) is 0 Å². The Kier molecular flexibility index (Phi) is 4.06. The molecule has 108 valence electrons. The lowest BCUT2D eigenvalue weighted by molar-refractivity contribution is -0.129. The predicted molar refractivity (Wildman–Crippen MR) is 80.4 cm³/mol. The summed E-state index contributed by atoms with van der Waals surface area (Å²) in [6, 6.07) is 9.39. The van der Waals surface area contributed by atoms with Gasteiger partial charge in [-0.05, 0) is 43.4 Å². The fraction of sp³-hybridized carbons (Fsp3) is 0.588. The van der Waals surface area contributed by atoms with Crippen molar-refractivity contribution < 1.29 is 4.79 Å². The summed E-state index contributed by atoms with van der Waals surface area (Å²) in [7, 11) is 1.93. The first kappa shape index (κ1) is 13.6. The summed E-state index contributed by atoms with van der Waals surface area (Å²) < 4.78 is 0. The molecule has 0 radical (unpaired) electrons. The first-order chi connectivity index (χ1) is 9.74. The summed E-state index contributed by atoms with van der Waals surface area (Å²) >= 11 is 0. The van der Waals surface area contributed by atoms with Crippen LogP contribution < -0.4 is 0 Å². The van der Waals surface area contributed by atoms with Crippen molar-refractivity contribution in [3.8, 4) is 0 Å². The Morgan fingerprint density at radius 2 is 1.85 bits per heavy atom. The zero-order chi connectivity index (χ0) is 13.9. The average Bonchev–Trinajstić information content (AvgIpc) is 2.77. The van der Waals surface area contributed by atoms with Crippen LogP contribution >= 0.6 is 0 Å². The van der Waals surface area contributed by atoms with E-state index in [2.05, 4.69) is 29.2 Å². The van der Waals surface area contributed by atoms with Crippen molar-refractivity contribution in [1.29, 1.82) is 0 Å². The normalized spacial score (nSPS) is 24.9. The predicted octanol–water partition coefficient (Wildman–Crippen LogP) is 2.45. The molecule has 1 saturated heterocycles. The Labute approximate surface area is 121 Å². The van der Waals surface area contributed by atoms with E-state index in [-0.39, 0.29) is 0 Å². The minimum Gasteiger partial charge on any atom is -0.346 e. The van der Waals surface area contributed by atoms with Gasteiger partial charge in [-0.3, -0.25) is 9.69 Å². The highest BCUT2D eigenvalue weighted by Gasteiger charge is 2.26. The van der Waals surface area contributed by atoms with Crippen molar-refractivity contribution in [2.45, 2.75) is 44.7 Å². The average molecular weight is 272 g/mol. The van der Waals surface area contributed by atoms with Gasteiger partial charge in [-0.15, -0.1) is 0 Å². The molecular weight excluding hydrogens is 248 g/mol. The van der Waals surface area contributed by atoms with Gasteiger partial charge in [0.1, 0.15) is 0 Å². The first-order valence-electron chi connectivity index (χ1n) is 7.79. The molecule has 1 fully saturated rings. The lowest BCUT2D eigenvalue weighted by Gasteiger charge is -2.29. The van der Waals surface area contributed by atoms with E-state index < -0.39 is 0 Å². The monoisotopic (exact) mass is 272 g/mol. The Balaban J connectivity index is 1.73. The molecular formula is C17H24N2O. The Morgan fingerprint density at radius 1 is 1.05 bits per heavy atom. The van der Waals surface area contributed by atoms with E-state index in [4.69, 9.17) is 0 Å². The summed E-state index contributed by atoms with van der Waals surface area (Å²) in [5.74, 6) is 0.308. The van der Waals surface area contributed by atoms with E-state index in [0.29, 0.717) is 18.4 Å². The Hall–Kier alpha value is -1.35. The second-order valence-corrected chi connectivity index (χ2v) is 6.14. The van der Waals surface area contributed by atoms with E-state index in [1.807, 2.05) is 11.9 Å². The molecule has 20 heavy (non-hydrogen) atoms. The Bertz CT molecular complexity index is 486. The van der Waals surface area contributed by atoms with Crippen LogP contribution in [0.2, 0.25) is 0 Å². The molecule has 0 N–H and O–H groups in total. The SMILES string of the molecule is CN1CCC(N2CCCc3ccccc3C2)CCC1=O. The van der Waals surface area contributed by atoms with E-state index >= 15 is 0 Å². The van der Waals surface area contributed by atoms with Crippen molar-refractivity contribution in [2.24, 2.45) is 0 Å². The number of hydrogen-bond donors (Lipinski definition) is 0. The highest BCUT2D eigenvalue weighted by molar-refractivity contribution is 5.76. The molecule has 1 aromatic carbocycles. The van der Waals surface area contributed by atoms with Gasteiger partial charge >= 0.3 is 0 Å². The molecule has 0 spiro atoms. The second-order valence-electron chi connectivity index (χ2n) is 6.14. The summed E-state index contributed by atoms with van der Waals surface area (Å²) in [5.41, 5.74) is 2.99. The fourth-order valence-corrected chi connectivity index (χ4v) is 3.50. The highest BCUT2D eigenvalue weighted by atomic mass is 16.2. The molecule has 1 unspecified atom stereocenters. The third kappa shape index (κ3) is 2.88. The zero-order valence-electron chi connectivity index (χ0n) is 12.3. The highest BCUT2D eigenvalue weighted by Crippen LogP contribution is 2.24. The number of hydrogen-bond acceptors (Lipinski definition) is 2. The van der Waals surface area contributed by atoms with Crippen molar-refractivity contribution in [1.82, 2.24) is 9.80 Å². The summed E-state index contributed by atoms with van der Waals surface area (Å²) in [6.45, 7) is 3.12. The number of fused-ring (bicyclic) bond motifs is 1. The van der Waals surface area contributed by atoms with Gasteiger partial charge < -0.3 is 4.90 Å². The number of benzene rings is 1. The molecule has 3 heteroatoms. The largest absolute Gasteiger partial charge is 0.346 e. The van der Waals surface area contributed by atoms with Gasteiger partial charge in [0.15, 0.2) is 0 Å². The third-order valence-electron chi connectivity index (χ3n) is 4.81. The molecule has 3 nitrogen and oxygen atoms in total. The quantitative estimate of drug-likeness (QED) is 0.784. The second kappa shape index (κ2) is 5.96. The van der Waals surface area contributed by atoms with Crippen molar-refractivity contribution in [2.75, 3.05) is 20.1 Å². The van der Waals surface area contributed by atoms with Crippen LogP contribution in [0.5, 0.6) is 0 Å².